The first-order valence-electron chi connectivity index (χ1n) is 9.17. The van der Waals surface area contributed by atoms with E-state index in [0.717, 1.165) is 23.1 Å². The molecule has 0 aliphatic heterocycles. The second-order valence-electron chi connectivity index (χ2n) is 6.87. The number of fused-ring (bicyclic) bond motifs is 1. The van der Waals surface area contributed by atoms with Crippen molar-refractivity contribution in [1.29, 1.82) is 0 Å². The number of hydrogen-bond acceptors (Lipinski definition) is 4. The van der Waals surface area contributed by atoms with E-state index in [4.69, 9.17) is 0 Å². The van der Waals surface area contributed by atoms with Crippen LogP contribution >= 0.6 is 11.8 Å². The van der Waals surface area contributed by atoms with Gasteiger partial charge in [0.2, 0.25) is 0 Å². The maximum Gasteiger partial charge on any atom is 0.262 e. The third-order valence-electron chi connectivity index (χ3n) is 4.83. The Kier molecular flexibility index (Phi) is 5.80. The summed E-state index contributed by atoms with van der Waals surface area (Å²) in [5.41, 5.74) is 3.40. The normalized spacial score (nSPS) is 12.3. The minimum absolute atomic E-state index is 0.0212. The number of Topliss-reactive ketones (excluding diaryl/α,β-unsaturated/α-hetero) is 1. The summed E-state index contributed by atoms with van der Waals surface area (Å²) in [6.45, 7) is 7.98. The number of thioether (sulfide) groups is 1. The number of carbonyl (C=O) groups excluding carboxylic acids is 1. The average Bonchev–Trinajstić information content (AvgIpc) is 2.67. The van der Waals surface area contributed by atoms with Gasteiger partial charge in [-0.05, 0) is 51.0 Å². The number of hydrogen-bond donors (Lipinski definition) is 0. The van der Waals surface area contributed by atoms with Crippen molar-refractivity contribution in [2.75, 3.05) is 5.75 Å². The Morgan fingerprint density at radius 3 is 2.67 bits per heavy atom. The molecule has 1 aromatic heterocycles. The molecule has 140 valence electrons. The molecule has 0 aliphatic rings. The van der Waals surface area contributed by atoms with Crippen LogP contribution in [-0.4, -0.2) is 21.1 Å². The van der Waals surface area contributed by atoms with Crippen LogP contribution in [0.15, 0.2) is 52.4 Å². The lowest BCUT2D eigenvalue weighted by molar-refractivity contribution is 0.102. The van der Waals surface area contributed by atoms with Gasteiger partial charge in [-0.25, -0.2) is 4.98 Å². The van der Waals surface area contributed by atoms with Gasteiger partial charge in [0.25, 0.3) is 5.56 Å². The standard InChI is InChI=1S/C22H24N2O2S/c1-5-16(4)24-21(26)17-8-6-7-9-19(17)23-22(24)27-13-20(25)18-12-14(2)10-11-15(18)3/h6-12,16H,5,13H2,1-4H3/t16-/m0/s1. The van der Waals surface area contributed by atoms with Crippen LogP contribution in [0.1, 0.15) is 47.8 Å². The van der Waals surface area contributed by atoms with Gasteiger partial charge in [-0.2, -0.15) is 0 Å². The molecule has 0 bridgehead atoms. The van der Waals surface area contributed by atoms with E-state index in [-0.39, 0.29) is 23.1 Å². The van der Waals surface area contributed by atoms with E-state index in [2.05, 4.69) is 4.98 Å². The Morgan fingerprint density at radius 1 is 1.19 bits per heavy atom. The zero-order valence-electron chi connectivity index (χ0n) is 16.2. The molecule has 0 aliphatic carbocycles. The molecule has 5 heteroatoms. The van der Waals surface area contributed by atoms with E-state index in [1.54, 1.807) is 10.6 Å². The van der Waals surface area contributed by atoms with Gasteiger partial charge in [-0.3, -0.25) is 14.2 Å². The molecule has 0 N–H and O–H groups in total. The lowest BCUT2D eigenvalue weighted by Crippen LogP contribution is -2.26. The molecule has 4 nitrogen and oxygen atoms in total. The Morgan fingerprint density at radius 2 is 1.93 bits per heavy atom. The molecular weight excluding hydrogens is 356 g/mol. The smallest absolute Gasteiger partial charge is 0.262 e. The SMILES string of the molecule is CC[C@H](C)n1c(SCC(=O)c2cc(C)ccc2C)nc2ccccc2c1=O. The monoisotopic (exact) mass is 380 g/mol. The van der Waals surface area contributed by atoms with Crippen molar-refractivity contribution >= 4 is 28.4 Å². The minimum atomic E-state index is -0.0448. The quantitative estimate of drug-likeness (QED) is 0.345. The van der Waals surface area contributed by atoms with Crippen LogP contribution in [0.25, 0.3) is 10.9 Å². The molecule has 2 aromatic carbocycles. The van der Waals surface area contributed by atoms with Gasteiger partial charge in [0.1, 0.15) is 0 Å². The van der Waals surface area contributed by atoms with Crippen LogP contribution < -0.4 is 5.56 Å². The van der Waals surface area contributed by atoms with Crippen LogP contribution in [0.3, 0.4) is 0 Å². The van der Waals surface area contributed by atoms with E-state index < -0.39 is 0 Å². The van der Waals surface area contributed by atoms with Gasteiger partial charge >= 0.3 is 0 Å². The Hall–Kier alpha value is -2.40. The van der Waals surface area contributed by atoms with Crippen LogP contribution in [0, 0.1) is 13.8 Å². The van der Waals surface area contributed by atoms with E-state index in [0.29, 0.717) is 16.1 Å². The van der Waals surface area contributed by atoms with Crippen molar-refractivity contribution in [3.05, 3.63) is 69.5 Å². The summed E-state index contributed by atoms with van der Waals surface area (Å²) in [6.07, 6.45) is 0.818. The molecule has 0 spiro atoms. The van der Waals surface area contributed by atoms with Crippen molar-refractivity contribution in [1.82, 2.24) is 9.55 Å². The summed E-state index contributed by atoms with van der Waals surface area (Å²) in [6, 6.07) is 13.3. The summed E-state index contributed by atoms with van der Waals surface area (Å²) in [7, 11) is 0. The first-order valence-corrected chi connectivity index (χ1v) is 10.2. The highest BCUT2D eigenvalue weighted by Crippen LogP contribution is 2.24. The fourth-order valence-corrected chi connectivity index (χ4v) is 4.02. The predicted molar refractivity (Wildman–Crippen MR) is 112 cm³/mol. The molecule has 0 amide bonds. The summed E-state index contributed by atoms with van der Waals surface area (Å²) in [4.78, 5) is 30.4. The molecular formula is C22H24N2O2S. The van der Waals surface area contributed by atoms with E-state index in [1.807, 2.05) is 64.1 Å². The first kappa shape index (κ1) is 19.4. The zero-order chi connectivity index (χ0) is 19.6. The van der Waals surface area contributed by atoms with Gasteiger partial charge in [-0.1, -0.05) is 48.5 Å². The molecule has 3 rings (SSSR count). The number of benzene rings is 2. The Bertz CT molecular complexity index is 1060. The zero-order valence-corrected chi connectivity index (χ0v) is 17.0. The molecule has 27 heavy (non-hydrogen) atoms. The molecule has 0 fully saturated rings. The maximum absolute atomic E-state index is 13.0. The third-order valence-corrected chi connectivity index (χ3v) is 5.79. The summed E-state index contributed by atoms with van der Waals surface area (Å²) in [5.74, 6) is 0.310. The van der Waals surface area contributed by atoms with E-state index in [1.165, 1.54) is 11.8 Å². The van der Waals surface area contributed by atoms with Crippen molar-refractivity contribution in [3.8, 4) is 0 Å². The summed E-state index contributed by atoms with van der Waals surface area (Å²) >= 11 is 1.34. The molecule has 1 atom stereocenters. The van der Waals surface area contributed by atoms with E-state index in [9.17, 15) is 9.59 Å². The van der Waals surface area contributed by atoms with Gasteiger partial charge < -0.3 is 0 Å². The van der Waals surface area contributed by atoms with Crippen LogP contribution in [0.2, 0.25) is 0 Å². The number of aromatic nitrogens is 2. The number of para-hydroxylation sites is 1. The molecule has 0 saturated heterocycles. The van der Waals surface area contributed by atoms with Crippen molar-refractivity contribution in [3.63, 3.8) is 0 Å². The number of rotatable bonds is 6. The molecule has 0 radical (unpaired) electrons. The first-order chi connectivity index (χ1) is 12.9. The van der Waals surface area contributed by atoms with E-state index >= 15 is 0 Å². The Balaban J connectivity index is 1.97. The second-order valence-corrected chi connectivity index (χ2v) is 7.82. The maximum atomic E-state index is 13.0. The van der Waals surface area contributed by atoms with Crippen molar-refractivity contribution in [2.45, 2.75) is 45.3 Å². The van der Waals surface area contributed by atoms with Gasteiger partial charge in [0, 0.05) is 11.6 Å². The summed E-state index contributed by atoms with van der Waals surface area (Å²) in [5, 5.41) is 1.22. The summed E-state index contributed by atoms with van der Waals surface area (Å²) < 4.78 is 1.73. The predicted octanol–water partition coefficient (Wildman–Crippen LogP) is 4.96. The van der Waals surface area contributed by atoms with Crippen LogP contribution in [0.4, 0.5) is 0 Å². The van der Waals surface area contributed by atoms with Crippen LogP contribution in [0.5, 0.6) is 0 Å². The fourth-order valence-electron chi connectivity index (χ4n) is 3.04. The highest BCUT2D eigenvalue weighted by Gasteiger charge is 2.17. The molecule has 3 aromatic rings. The van der Waals surface area contributed by atoms with Gasteiger partial charge in [0.05, 0.1) is 16.7 Å². The molecule has 1 heterocycles. The highest BCUT2D eigenvalue weighted by atomic mass is 32.2. The second kappa shape index (κ2) is 8.09. The minimum Gasteiger partial charge on any atom is -0.293 e. The number of ketones is 1. The Labute approximate surface area is 163 Å². The lowest BCUT2D eigenvalue weighted by Gasteiger charge is -2.18. The average molecular weight is 381 g/mol. The number of carbonyl (C=O) groups is 1. The number of aryl methyl sites for hydroxylation is 2. The third kappa shape index (κ3) is 3.98. The molecule has 0 saturated carbocycles. The topological polar surface area (TPSA) is 52.0 Å². The lowest BCUT2D eigenvalue weighted by atomic mass is 10.0. The molecule has 0 unspecified atom stereocenters. The van der Waals surface area contributed by atoms with Crippen molar-refractivity contribution in [2.24, 2.45) is 0 Å². The van der Waals surface area contributed by atoms with Gasteiger partial charge in [0.15, 0.2) is 10.9 Å². The van der Waals surface area contributed by atoms with Crippen molar-refractivity contribution < 1.29 is 4.79 Å². The van der Waals surface area contributed by atoms with Gasteiger partial charge in [-0.15, -0.1) is 0 Å². The number of nitrogens with zero attached hydrogens (tertiary/aromatic N) is 2. The fraction of sp³-hybridized carbons (Fsp3) is 0.318. The highest BCUT2D eigenvalue weighted by molar-refractivity contribution is 7.99. The van der Waals surface area contributed by atoms with Crippen LogP contribution in [-0.2, 0) is 0 Å². The largest absolute Gasteiger partial charge is 0.293 e.